The van der Waals surface area contributed by atoms with Crippen LogP contribution >= 0.6 is 12.2 Å². The molecule has 35 heavy (non-hydrogen) atoms. The van der Waals surface area contributed by atoms with Gasteiger partial charge < -0.3 is 24.3 Å². The van der Waals surface area contributed by atoms with Crippen molar-refractivity contribution in [1.82, 2.24) is 0 Å². The molecule has 0 radical (unpaired) electrons. The Labute approximate surface area is 202 Å². The molecule has 1 aliphatic heterocycles. The number of hydrogen-bond acceptors (Lipinski definition) is 14. The number of nitro benzene ring substituents is 2. The lowest BCUT2D eigenvalue weighted by molar-refractivity contribution is -0.393. The van der Waals surface area contributed by atoms with Gasteiger partial charge in [0.2, 0.25) is 0 Å². The maximum Gasteiger partial charge on any atom is 0.303 e. The minimum absolute atomic E-state index is 0.212. The number of anilines is 1. The average molecular weight is 512 g/mol. The normalized spacial score (nSPS) is 23.2. The molecule has 5 atom stereocenters. The van der Waals surface area contributed by atoms with E-state index in [1.165, 1.54) is 0 Å². The Balaban J connectivity index is 2.58. The minimum Gasteiger partial charge on any atom is -0.463 e. The number of nitro groups is 2. The first-order valence-electron chi connectivity index (χ1n) is 9.84. The minimum atomic E-state index is -1.38. The van der Waals surface area contributed by atoms with Crippen molar-refractivity contribution in [3.8, 4) is 0 Å². The first-order chi connectivity index (χ1) is 16.4. The second kappa shape index (κ2) is 11.9. The molecular formula is C19H20N4O11S. The average Bonchev–Trinajstić information content (AvgIpc) is 2.75. The molecule has 16 heteroatoms. The van der Waals surface area contributed by atoms with Crippen molar-refractivity contribution in [3.63, 3.8) is 0 Å². The van der Waals surface area contributed by atoms with Crippen LogP contribution in [-0.4, -0.2) is 70.1 Å². The fraction of sp³-hybridized carbons (Fsp3) is 0.474. The summed E-state index contributed by atoms with van der Waals surface area (Å²) < 4.78 is 21.4. The number of nitrogens with one attached hydrogen (secondary N) is 1. The molecule has 1 N–H and O–H groups in total. The van der Waals surface area contributed by atoms with Crippen LogP contribution in [-0.2, 0) is 33.3 Å². The van der Waals surface area contributed by atoms with E-state index in [0.29, 0.717) is 0 Å². The third kappa shape index (κ3) is 7.23. The number of isothiocyanates is 1. The zero-order valence-electron chi connectivity index (χ0n) is 18.6. The number of carbonyl (C=O) groups is 3. The number of ether oxygens (including phenoxy) is 4. The lowest BCUT2D eigenvalue weighted by atomic mass is 9.95. The van der Waals surface area contributed by atoms with Crippen LogP contribution in [0, 0.1) is 20.2 Å². The molecule has 1 heterocycles. The van der Waals surface area contributed by atoms with Crippen LogP contribution in [0.2, 0.25) is 0 Å². The molecule has 0 saturated carbocycles. The lowest BCUT2D eigenvalue weighted by Gasteiger charge is -2.43. The van der Waals surface area contributed by atoms with Crippen LogP contribution in [0.15, 0.2) is 23.2 Å². The standard InChI is InChI=1S/C19H20N4O11S/c1-9(24)31-7-15-17(32-10(2)25)18(33-11(3)26)16(19(34-15)20-8-35)21-13-5-4-12(22(27)28)6-14(13)23(29)30/h4-6,15-19,21H,7H2,1-3H3. The monoisotopic (exact) mass is 512 g/mol. The highest BCUT2D eigenvalue weighted by Crippen LogP contribution is 2.34. The van der Waals surface area contributed by atoms with Gasteiger partial charge in [-0.25, -0.2) is 0 Å². The Kier molecular flexibility index (Phi) is 9.27. The Morgan fingerprint density at radius 2 is 1.71 bits per heavy atom. The van der Waals surface area contributed by atoms with Crippen molar-refractivity contribution >= 4 is 52.3 Å². The number of rotatable bonds is 9. The van der Waals surface area contributed by atoms with Gasteiger partial charge in [0.15, 0.2) is 18.4 Å². The summed E-state index contributed by atoms with van der Waals surface area (Å²) in [7, 11) is 0. The molecule has 1 fully saturated rings. The first kappa shape index (κ1) is 27.2. The van der Waals surface area contributed by atoms with E-state index in [1.54, 1.807) is 0 Å². The number of nitrogens with zero attached hydrogens (tertiary/aromatic N) is 3. The Morgan fingerprint density at radius 1 is 1.09 bits per heavy atom. The largest absolute Gasteiger partial charge is 0.463 e. The van der Waals surface area contributed by atoms with Gasteiger partial charge in [0.1, 0.15) is 24.4 Å². The summed E-state index contributed by atoms with van der Waals surface area (Å²) in [5, 5.41) is 27.4. The van der Waals surface area contributed by atoms with E-state index in [4.69, 9.17) is 18.9 Å². The summed E-state index contributed by atoms with van der Waals surface area (Å²) in [4.78, 5) is 59.8. The molecule has 0 bridgehead atoms. The van der Waals surface area contributed by atoms with Gasteiger partial charge in [-0.15, -0.1) is 0 Å². The predicted molar refractivity (Wildman–Crippen MR) is 119 cm³/mol. The number of benzene rings is 1. The molecule has 0 amide bonds. The fourth-order valence-corrected chi connectivity index (χ4v) is 3.43. The quantitative estimate of drug-likeness (QED) is 0.125. The van der Waals surface area contributed by atoms with Crippen molar-refractivity contribution in [1.29, 1.82) is 0 Å². The molecule has 5 unspecified atom stereocenters. The number of non-ortho nitro benzene ring substituents is 1. The van der Waals surface area contributed by atoms with Crippen molar-refractivity contribution in [2.24, 2.45) is 4.99 Å². The van der Waals surface area contributed by atoms with Crippen LogP contribution in [0.4, 0.5) is 17.1 Å². The highest BCUT2D eigenvalue weighted by atomic mass is 32.1. The number of hydrogen-bond donors (Lipinski definition) is 1. The lowest BCUT2D eigenvalue weighted by Crippen LogP contribution is -2.63. The van der Waals surface area contributed by atoms with Gasteiger partial charge in [-0.3, -0.25) is 34.6 Å². The van der Waals surface area contributed by atoms with E-state index < -0.39 is 76.3 Å². The zero-order chi connectivity index (χ0) is 26.3. The van der Waals surface area contributed by atoms with Crippen LogP contribution < -0.4 is 5.32 Å². The summed E-state index contributed by atoms with van der Waals surface area (Å²) in [6, 6.07) is 1.57. The highest BCUT2D eigenvalue weighted by Gasteiger charge is 2.51. The van der Waals surface area contributed by atoms with Gasteiger partial charge in [-0.05, 0) is 18.3 Å². The van der Waals surface area contributed by atoms with Crippen LogP contribution in [0.1, 0.15) is 20.8 Å². The van der Waals surface area contributed by atoms with Crippen molar-refractivity contribution in [2.75, 3.05) is 11.9 Å². The van der Waals surface area contributed by atoms with Gasteiger partial charge >= 0.3 is 17.9 Å². The number of esters is 3. The molecular weight excluding hydrogens is 492 g/mol. The molecule has 0 aromatic heterocycles. The maximum atomic E-state index is 11.9. The molecule has 188 valence electrons. The number of aliphatic imine (C=N–C) groups is 1. The molecule has 2 rings (SSSR count). The van der Waals surface area contributed by atoms with Crippen LogP contribution in [0.25, 0.3) is 0 Å². The molecule has 15 nitrogen and oxygen atoms in total. The highest BCUT2D eigenvalue weighted by molar-refractivity contribution is 7.78. The Morgan fingerprint density at radius 3 is 2.23 bits per heavy atom. The third-order valence-corrected chi connectivity index (χ3v) is 4.72. The summed E-state index contributed by atoms with van der Waals surface area (Å²) in [6.07, 6.45) is -5.22. The molecule has 1 saturated heterocycles. The van der Waals surface area contributed by atoms with E-state index >= 15 is 0 Å². The van der Waals surface area contributed by atoms with Gasteiger partial charge in [0, 0.05) is 26.8 Å². The molecule has 0 spiro atoms. The van der Waals surface area contributed by atoms with E-state index in [1.807, 2.05) is 0 Å². The van der Waals surface area contributed by atoms with E-state index in [-0.39, 0.29) is 5.69 Å². The van der Waals surface area contributed by atoms with E-state index in [0.717, 1.165) is 39.0 Å². The van der Waals surface area contributed by atoms with E-state index in [2.05, 4.69) is 27.7 Å². The van der Waals surface area contributed by atoms with E-state index in [9.17, 15) is 34.6 Å². The fourth-order valence-electron chi connectivity index (χ4n) is 3.32. The summed E-state index contributed by atoms with van der Waals surface area (Å²) in [5.74, 6) is -2.27. The maximum absolute atomic E-state index is 11.9. The number of carbonyl (C=O) groups excluding carboxylic acids is 3. The van der Waals surface area contributed by atoms with Crippen molar-refractivity contribution in [3.05, 3.63) is 38.4 Å². The number of thiocarbonyl (C=S) groups is 1. The van der Waals surface area contributed by atoms with Gasteiger partial charge in [-0.1, -0.05) is 0 Å². The second-order valence-corrected chi connectivity index (χ2v) is 7.30. The SMILES string of the molecule is CC(=O)OCC1OC(N=C=S)C(Nc2ccc([N+](=O)[O-])cc2[N+](=O)[O-])C(OC(C)=O)C1OC(C)=O. The topological polar surface area (TPSA) is 199 Å². The van der Waals surface area contributed by atoms with Crippen molar-refractivity contribution in [2.45, 2.75) is 51.4 Å². The first-order valence-corrected chi connectivity index (χ1v) is 10.2. The molecule has 1 aliphatic rings. The molecule has 1 aromatic rings. The Hall–Kier alpha value is -4.01. The Bertz CT molecular complexity index is 1070. The zero-order valence-corrected chi connectivity index (χ0v) is 19.4. The smallest absolute Gasteiger partial charge is 0.303 e. The van der Waals surface area contributed by atoms with Gasteiger partial charge in [-0.2, -0.15) is 4.99 Å². The summed E-state index contributed by atoms with van der Waals surface area (Å²) in [6.45, 7) is 2.87. The van der Waals surface area contributed by atoms with Crippen LogP contribution in [0.3, 0.4) is 0 Å². The van der Waals surface area contributed by atoms with Crippen molar-refractivity contribution < 1.29 is 43.2 Å². The van der Waals surface area contributed by atoms with Crippen LogP contribution in [0.5, 0.6) is 0 Å². The molecule has 0 aliphatic carbocycles. The summed E-state index contributed by atoms with van der Waals surface area (Å²) >= 11 is 4.65. The second-order valence-electron chi connectivity index (χ2n) is 7.12. The van der Waals surface area contributed by atoms with Gasteiger partial charge in [0.25, 0.3) is 11.4 Å². The predicted octanol–water partition coefficient (Wildman–Crippen LogP) is 1.54. The molecule has 1 aromatic carbocycles. The summed E-state index contributed by atoms with van der Waals surface area (Å²) in [5.41, 5.74) is -1.42. The third-order valence-electron chi connectivity index (χ3n) is 4.61. The van der Waals surface area contributed by atoms with Gasteiger partial charge in [0.05, 0.1) is 21.1 Å².